The number of ether oxygens (including phenoxy) is 1. The number of nitrogens with one attached hydrogen (secondary N) is 1. The van der Waals surface area contributed by atoms with Crippen LogP contribution in [0.2, 0.25) is 0 Å². The minimum Gasteiger partial charge on any atom is -0.444 e. The number of benzene rings is 1. The van der Waals surface area contributed by atoms with E-state index in [0.29, 0.717) is 11.8 Å². The molecule has 4 nitrogen and oxygen atoms in total. The van der Waals surface area contributed by atoms with Gasteiger partial charge < -0.3 is 15.2 Å². The molecule has 4 heteroatoms. The van der Waals surface area contributed by atoms with Crippen molar-refractivity contribution in [3.8, 4) is 0 Å². The highest BCUT2D eigenvalue weighted by atomic mass is 16.6. The van der Waals surface area contributed by atoms with Crippen molar-refractivity contribution in [2.75, 3.05) is 6.61 Å². The number of alkyl carbamates (subject to hydrolysis) is 1. The summed E-state index contributed by atoms with van der Waals surface area (Å²) in [6.45, 7) is 5.74. The van der Waals surface area contributed by atoms with Crippen molar-refractivity contribution in [2.45, 2.75) is 58.1 Å². The summed E-state index contributed by atoms with van der Waals surface area (Å²) in [4.78, 5) is 12.2. The molecule has 1 amide bonds. The molecule has 2 aliphatic rings. The van der Waals surface area contributed by atoms with E-state index in [0.717, 1.165) is 31.2 Å². The van der Waals surface area contributed by atoms with Crippen LogP contribution in [-0.4, -0.2) is 29.4 Å². The molecule has 136 valence electrons. The number of fused-ring (bicyclic) bond motifs is 3. The molecular weight excluding hydrogens is 314 g/mol. The summed E-state index contributed by atoms with van der Waals surface area (Å²) in [6, 6.07) is 6.74. The van der Waals surface area contributed by atoms with Crippen molar-refractivity contribution >= 4 is 12.2 Å². The van der Waals surface area contributed by atoms with Crippen LogP contribution < -0.4 is 5.32 Å². The van der Waals surface area contributed by atoms with Gasteiger partial charge in [0.1, 0.15) is 5.60 Å². The number of hydrogen-bond donors (Lipinski definition) is 2. The number of aliphatic hydroxyl groups is 1. The fourth-order valence-electron chi connectivity index (χ4n) is 4.20. The maximum absolute atomic E-state index is 12.2. The van der Waals surface area contributed by atoms with Gasteiger partial charge in [0.25, 0.3) is 0 Å². The lowest BCUT2D eigenvalue weighted by molar-refractivity contribution is 0.0479. The first kappa shape index (κ1) is 18.0. The monoisotopic (exact) mass is 343 g/mol. The first-order valence-corrected chi connectivity index (χ1v) is 9.24. The summed E-state index contributed by atoms with van der Waals surface area (Å²) in [7, 11) is 0. The smallest absolute Gasteiger partial charge is 0.407 e. The highest BCUT2D eigenvalue weighted by molar-refractivity contribution is 5.68. The molecule has 0 spiro atoms. The van der Waals surface area contributed by atoms with E-state index in [9.17, 15) is 4.79 Å². The number of aliphatic hydroxyl groups excluding tert-OH is 1. The normalized spacial score (nSPS) is 25.5. The molecule has 0 heterocycles. The van der Waals surface area contributed by atoms with Crippen LogP contribution in [0.4, 0.5) is 4.79 Å². The topological polar surface area (TPSA) is 58.6 Å². The SMILES string of the molecule is CC(C)(C)OC(=O)N[C@H]1[C@@H]2CC[C@H]1Cc1ccc(/C=C/CO)cc1C2. The molecule has 2 bridgehead atoms. The Labute approximate surface area is 150 Å². The maximum Gasteiger partial charge on any atom is 0.407 e. The number of rotatable bonds is 3. The minimum atomic E-state index is -0.467. The third-order valence-corrected chi connectivity index (χ3v) is 5.22. The van der Waals surface area contributed by atoms with Gasteiger partial charge in [-0.3, -0.25) is 0 Å². The number of carbonyl (C=O) groups is 1. The average molecular weight is 343 g/mol. The number of hydrogen-bond acceptors (Lipinski definition) is 3. The fourth-order valence-corrected chi connectivity index (χ4v) is 4.20. The van der Waals surface area contributed by atoms with E-state index in [4.69, 9.17) is 9.84 Å². The fraction of sp³-hybridized carbons (Fsp3) is 0.571. The van der Waals surface area contributed by atoms with E-state index in [1.807, 2.05) is 26.8 Å². The predicted octanol–water partition coefficient (Wildman–Crippen LogP) is 3.71. The predicted molar refractivity (Wildman–Crippen MR) is 99.3 cm³/mol. The van der Waals surface area contributed by atoms with Gasteiger partial charge in [-0.25, -0.2) is 4.79 Å². The minimum absolute atomic E-state index is 0.0592. The lowest BCUT2D eigenvalue weighted by atomic mass is 9.92. The van der Waals surface area contributed by atoms with E-state index < -0.39 is 5.60 Å². The van der Waals surface area contributed by atoms with Gasteiger partial charge in [0, 0.05) is 6.04 Å². The average Bonchev–Trinajstić information content (AvgIpc) is 2.78. The number of amides is 1. The molecule has 1 aromatic rings. The molecule has 2 N–H and O–H groups in total. The Balaban J connectivity index is 1.74. The van der Waals surface area contributed by atoms with Gasteiger partial charge in [-0.1, -0.05) is 30.4 Å². The zero-order valence-electron chi connectivity index (χ0n) is 15.4. The molecule has 3 atom stereocenters. The van der Waals surface area contributed by atoms with Crippen molar-refractivity contribution < 1.29 is 14.6 Å². The van der Waals surface area contributed by atoms with E-state index in [-0.39, 0.29) is 18.7 Å². The Bertz CT molecular complexity index is 660. The second kappa shape index (κ2) is 7.20. The first-order valence-electron chi connectivity index (χ1n) is 9.24. The van der Waals surface area contributed by atoms with E-state index in [2.05, 4.69) is 23.5 Å². The van der Waals surface area contributed by atoms with Gasteiger partial charge in [0.2, 0.25) is 0 Å². The molecule has 3 rings (SSSR count). The van der Waals surface area contributed by atoms with Crippen LogP contribution >= 0.6 is 0 Å². The Hall–Kier alpha value is -1.81. The molecule has 2 aliphatic carbocycles. The van der Waals surface area contributed by atoms with E-state index in [1.165, 1.54) is 11.1 Å². The largest absolute Gasteiger partial charge is 0.444 e. The van der Waals surface area contributed by atoms with Gasteiger partial charge in [0.05, 0.1) is 6.61 Å². The summed E-state index contributed by atoms with van der Waals surface area (Å²) in [5, 5.41) is 12.1. The van der Waals surface area contributed by atoms with E-state index >= 15 is 0 Å². The third kappa shape index (κ3) is 4.43. The Kier molecular flexibility index (Phi) is 5.19. The maximum atomic E-state index is 12.2. The molecule has 0 saturated heterocycles. The Morgan fingerprint density at radius 3 is 2.56 bits per heavy atom. The Morgan fingerprint density at radius 2 is 1.92 bits per heavy atom. The molecule has 1 aromatic carbocycles. The zero-order chi connectivity index (χ0) is 18.0. The van der Waals surface area contributed by atoms with Crippen molar-refractivity contribution in [3.05, 3.63) is 41.0 Å². The molecular formula is C21H29NO3. The van der Waals surface area contributed by atoms with Crippen molar-refractivity contribution in [3.63, 3.8) is 0 Å². The number of carbonyl (C=O) groups excluding carboxylic acids is 1. The summed E-state index contributed by atoms with van der Waals surface area (Å²) in [5.41, 5.74) is 3.43. The molecule has 1 saturated carbocycles. The molecule has 0 aliphatic heterocycles. The molecule has 0 radical (unpaired) electrons. The van der Waals surface area contributed by atoms with Crippen molar-refractivity contribution in [1.82, 2.24) is 5.32 Å². The quantitative estimate of drug-likeness (QED) is 0.879. The van der Waals surface area contributed by atoms with Crippen LogP contribution in [0.5, 0.6) is 0 Å². The van der Waals surface area contributed by atoms with Gasteiger partial charge >= 0.3 is 6.09 Å². The lowest BCUT2D eigenvalue weighted by Gasteiger charge is -2.26. The second-order valence-electron chi connectivity index (χ2n) is 8.29. The van der Waals surface area contributed by atoms with Crippen molar-refractivity contribution in [2.24, 2.45) is 11.8 Å². The molecule has 0 unspecified atom stereocenters. The van der Waals surface area contributed by atoms with Gasteiger partial charge in [-0.05, 0) is 75.0 Å². The highest BCUT2D eigenvalue weighted by Crippen LogP contribution is 2.40. The summed E-state index contributed by atoms with van der Waals surface area (Å²) in [6.07, 6.45) is 7.74. The highest BCUT2D eigenvalue weighted by Gasteiger charge is 2.40. The van der Waals surface area contributed by atoms with Crippen LogP contribution in [0.3, 0.4) is 0 Å². The second-order valence-corrected chi connectivity index (χ2v) is 8.29. The standard InChI is InChI=1S/C21H29NO3/c1-21(2,3)25-20(24)22-19-16-8-9-17(19)13-18-11-14(5-4-10-23)6-7-15(18)12-16/h4-7,11,16-17,19,23H,8-10,12-13H2,1-3H3,(H,22,24)/b5-4+/t16-,17+,19+/m0/s1. The summed E-state index contributed by atoms with van der Waals surface area (Å²) < 4.78 is 5.46. The molecule has 1 fully saturated rings. The third-order valence-electron chi connectivity index (χ3n) is 5.22. The van der Waals surface area contributed by atoms with Crippen LogP contribution in [0.1, 0.15) is 50.3 Å². The van der Waals surface area contributed by atoms with Gasteiger partial charge in [-0.15, -0.1) is 0 Å². The lowest BCUT2D eigenvalue weighted by Crippen LogP contribution is -2.44. The Morgan fingerprint density at radius 1 is 1.24 bits per heavy atom. The van der Waals surface area contributed by atoms with Gasteiger partial charge in [-0.2, -0.15) is 0 Å². The summed E-state index contributed by atoms with van der Waals surface area (Å²) in [5.74, 6) is 0.952. The molecule has 25 heavy (non-hydrogen) atoms. The van der Waals surface area contributed by atoms with Crippen LogP contribution in [-0.2, 0) is 17.6 Å². The van der Waals surface area contributed by atoms with E-state index in [1.54, 1.807) is 6.08 Å². The van der Waals surface area contributed by atoms with Crippen LogP contribution in [0, 0.1) is 11.8 Å². The van der Waals surface area contributed by atoms with Gasteiger partial charge in [0.15, 0.2) is 0 Å². The zero-order valence-corrected chi connectivity index (χ0v) is 15.4. The van der Waals surface area contributed by atoms with Crippen LogP contribution in [0.25, 0.3) is 6.08 Å². The van der Waals surface area contributed by atoms with Crippen molar-refractivity contribution in [1.29, 1.82) is 0 Å². The molecule has 0 aromatic heterocycles. The van der Waals surface area contributed by atoms with Crippen LogP contribution in [0.15, 0.2) is 24.3 Å². The summed E-state index contributed by atoms with van der Waals surface area (Å²) >= 11 is 0. The first-order chi connectivity index (χ1) is 11.9.